The van der Waals surface area contributed by atoms with Gasteiger partial charge in [0.25, 0.3) is 5.91 Å². The number of carbonyl (C=O) groups is 2. The zero-order valence-corrected chi connectivity index (χ0v) is 19.9. The van der Waals surface area contributed by atoms with E-state index in [0.717, 1.165) is 9.87 Å². The molecule has 2 aromatic carbocycles. The number of ether oxygens (including phenoxy) is 2. The molecule has 11 heteroatoms. The van der Waals surface area contributed by atoms with E-state index in [1.165, 1.54) is 26.2 Å². The molecule has 3 N–H and O–H groups in total. The van der Waals surface area contributed by atoms with Crippen LogP contribution in [0, 0.1) is 5.92 Å². The molecular formula is C23H28N4O6S. The molecule has 182 valence electrons. The first kappa shape index (κ1) is 23.8. The molecule has 0 bridgehead atoms. The number of benzene rings is 2. The molecule has 34 heavy (non-hydrogen) atoms. The minimum Gasteiger partial charge on any atom is -0.454 e. The zero-order chi connectivity index (χ0) is 24.5. The Morgan fingerprint density at radius 2 is 1.91 bits per heavy atom. The first-order valence-electron chi connectivity index (χ1n) is 10.9. The van der Waals surface area contributed by atoms with Gasteiger partial charge in [-0.25, -0.2) is 12.7 Å². The van der Waals surface area contributed by atoms with Crippen molar-refractivity contribution in [1.29, 1.82) is 0 Å². The lowest BCUT2D eigenvalue weighted by molar-refractivity contribution is -0.123. The summed E-state index contributed by atoms with van der Waals surface area (Å²) in [6, 6.07) is 10.0. The maximum absolute atomic E-state index is 13.3. The van der Waals surface area contributed by atoms with Crippen LogP contribution in [-0.2, 0) is 21.4 Å². The summed E-state index contributed by atoms with van der Waals surface area (Å²) in [6.45, 7) is 1.25. The van der Waals surface area contributed by atoms with E-state index in [9.17, 15) is 18.0 Å². The van der Waals surface area contributed by atoms with Crippen molar-refractivity contribution >= 4 is 27.5 Å². The topological polar surface area (TPSA) is 131 Å². The third-order valence-corrected chi connectivity index (χ3v) is 7.77. The second kappa shape index (κ2) is 9.51. The van der Waals surface area contributed by atoms with Gasteiger partial charge in [-0.2, -0.15) is 0 Å². The van der Waals surface area contributed by atoms with Gasteiger partial charge in [0.1, 0.15) is 0 Å². The Hall–Kier alpha value is -3.31. The van der Waals surface area contributed by atoms with E-state index in [-0.39, 0.29) is 29.7 Å². The minimum atomic E-state index is -3.79. The lowest BCUT2D eigenvalue weighted by atomic mass is 9.97. The lowest BCUT2D eigenvalue weighted by Gasteiger charge is -2.31. The molecule has 2 amide bonds. The van der Waals surface area contributed by atoms with E-state index in [1.807, 2.05) is 18.2 Å². The first-order chi connectivity index (χ1) is 16.1. The summed E-state index contributed by atoms with van der Waals surface area (Å²) in [7, 11) is -0.917. The number of piperidine rings is 1. The quantitative estimate of drug-likeness (QED) is 0.605. The highest BCUT2D eigenvalue weighted by Crippen LogP contribution is 2.33. The van der Waals surface area contributed by atoms with Crippen molar-refractivity contribution in [2.45, 2.75) is 24.3 Å². The van der Waals surface area contributed by atoms with Crippen LogP contribution in [0.3, 0.4) is 0 Å². The normalized spacial score (nSPS) is 17.6. The number of anilines is 1. The standard InChI is InChI=1S/C23H28N4O6S/c1-26(2)34(30,31)19-10-17(23(29)27-7-3-4-16(13-27)22(24)28)9-18(11-19)25-12-15-5-6-20-21(8-15)33-14-32-20/h5-6,8-11,16,25H,3-4,7,12-14H2,1-2H3,(H2,24,28)/t16-/m1/s1. The number of nitrogens with one attached hydrogen (secondary N) is 1. The van der Waals surface area contributed by atoms with Crippen LogP contribution in [0.15, 0.2) is 41.3 Å². The second-order valence-electron chi connectivity index (χ2n) is 8.57. The van der Waals surface area contributed by atoms with E-state index in [2.05, 4.69) is 5.32 Å². The summed E-state index contributed by atoms with van der Waals surface area (Å²) in [4.78, 5) is 26.5. The van der Waals surface area contributed by atoms with E-state index in [4.69, 9.17) is 15.2 Å². The molecule has 10 nitrogen and oxygen atoms in total. The van der Waals surface area contributed by atoms with Crippen molar-refractivity contribution in [3.63, 3.8) is 0 Å². The average molecular weight is 489 g/mol. The fourth-order valence-corrected chi connectivity index (χ4v) is 4.99. The van der Waals surface area contributed by atoms with Gasteiger partial charge in [0, 0.05) is 45.0 Å². The van der Waals surface area contributed by atoms with Gasteiger partial charge in [-0.15, -0.1) is 0 Å². The summed E-state index contributed by atoms with van der Waals surface area (Å²) in [5.41, 5.74) is 7.05. The zero-order valence-electron chi connectivity index (χ0n) is 19.1. The summed E-state index contributed by atoms with van der Waals surface area (Å²) < 4.78 is 37.6. The molecule has 2 aromatic rings. The Morgan fingerprint density at radius 1 is 1.15 bits per heavy atom. The van der Waals surface area contributed by atoms with Crippen LogP contribution in [0.4, 0.5) is 5.69 Å². The second-order valence-corrected chi connectivity index (χ2v) is 10.7. The highest BCUT2D eigenvalue weighted by atomic mass is 32.2. The fourth-order valence-electron chi connectivity index (χ4n) is 4.02. The highest BCUT2D eigenvalue weighted by Gasteiger charge is 2.29. The van der Waals surface area contributed by atoms with Gasteiger partial charge >= 0.3 is 0 Å². The smallest absolute Gasteiger partial charge is 0.253 e. The number of rotatable bonds is 7. The number of nitrogens with zero attached hydrogens (tertiary/aromatic N) is 2. The van der Waals surface area contributed by atoms with Crippen molar-refractivity contribution < 1.29 is 27.5 Å². The van der Waals surface area contributed by atoms with Crippen molar-refractivity contribution in [3.05, 3.63) is 47.5 Å². The van der Waals surface area contributed by atoms with E-state index >= 15 is 0 Å². The number of carbonyl (C=O) groups excluding carboxylic acids is 2. The number of likely N-dealkylation sites (tertiary alicyclic amines) is 1. The van der Waals surface area contributed by atoms with Crippen LogP contribution >= 0.6 is 0 Å². The molecule has 0 saturated carbocycles. The van der Waals surface area contributed by atoms with E-state index in [0.29, 0.717) is 43.1 Å². The average Bonchev–Trinajstić information content (AvgIpc) is 3.30. The maximum Gasteiger partial charge on any atom is 0.253 e. The fraction of sp³-hybridized carbons (Fsp3) is 0.391. The Kier molecular flexibility index (Phi) is 6.67. The summed E-state index contributed by atoms with van der Waals surface area (Å²) >= 11 is 0. The molecule has 2 aliphatic rings. The van der Waals surface area contributed by atoms with Crippen LogP contribution in [-0.4, -0.2) is 63.4 Å². The SMILES string of the molecule is CN(C)S(=O)(=O)c1cc(NCc2ccc3c(c2)OCO3)cc(C(=O)N2CCC[C@@H](C(N)=O)C2)c1. The first-order valence-corrected chi connectivity index (χ1v) is 12.4. The molecule has 0 aliphatic carbocycles. The molecule has 0 spiro atoms. The summed E-state index contributed by atoms with van der Waals surface area (Å²) in [5.74, 6) is 0.134. The van der Waals surface area contributed by atoms with Gasteiger partial charge in [0.15, 0.2) is 11.5 Å². The number of primary amides is 1. The van der Waals surface area contributed by atoms with Crippen LogP contribution < -0.4 is 20.5 Å². The van der Waals surface area contributed by atoms with Crippen LogP contribution in [0.1, 0.15) is 28.8 Å². The number of hydrogen-bond acceptors (Lipinski definition) is 7. The van der Waals surface area contributed by atoms with Gasteiger partial charge in [0.05, 0.1) is 10.8 Å². The minimum absolute atomic E-state index is 0.00000244. The highest BCUT2D eigenvalue weighted by molar-refractivity contribution is 7.89. The third-order valence-electron chi connectivity index (χ3n) is 5.98. The van der Waals surface area contributed by atoms with Crippen molar-refractivity contribution in [1.82, 2.24) is 9.21 Å². The lowest BCUT2D eigenvalue weighted by Crippen LogP contribution is -2.44. The molecule has 0 radical (unpaired) electrons. The predicted octanol–water partition coefficient (Wildman–Crippen LogP) is 1.62. The molecule has 1 fully saturated rings. The molecule has 2 heterocycles. The Bertz CT molecular complexity index is 1210. The molecule has 1 atom stereocenters. The monoisotopic (exact) mass is 488 g/mol. The van der Waals surface area contributed by atoms with Crippen molar-refractivity contribution in [2.24, 2.45) is 11.7 Å². The van der Waals surface area contributed by atoms with Gasteiger partial charge in [-0.05, 0) is 48.7 Å². The molecule has 2 aliphatic heterocycles. The summed E-state index contributed by atoms with van der Waals surface area (Å²) in [6.07, 6.45) is 1.29. The van der Waals surface area contributed by atoms with Crippen molar-refractivity contribution in [3.8, 4) is 11.5 Å². The van der Waals surface area contributed by atoms with Gasteiger partial charge in [0.2, 0.25) is 22.7 Å². The molecule has 0 aromatic heterocycles. The van der Waals surface area contributed by atoms with E-state index < -0.39 is 21.8 Å². The predicted molar refractivity (Wildman–Crippen MR) is 125 cm³/mol. The van der Waals surface area contributed by atoms with Gasteiger partial charge in [-0.3, -0.25) is 9.59 Å². The van der Waals surface area contributed by atoms with Crippen LogP contribution in [0.2, 0.25) is 0 Å². The van der Waals surface area contributed by atoms with Crippen molar-refractivity contribution in [2.75, 3.05) is 39.3 Å². The number of hydrogen-bond donors (Lipinski definition) is 2. The van der Waals surface area contributed by atoms with Gasteiger partial charge < -0.3 is 25.4 Å². The number of nitrogens with two attached hydrogens (primary N) is 1. The molecular weight excluding hydrogens is 460 g/mol. The number of amides is 2. The van der Waals surface area contributed by atoms with Crippen LogP contribution in [0.25, 0.3) is 0 Å². The van der Waals surface area contributed by atoms with E-state index in [1.54, 1.807) is 11.0 Å². The largest absolute Gasteiger partial charge is 0.454 e. The number of sulfonamides is 1. The Balaban J connectivity index is 1.61. The summed E-state index contributed by atoms with van der Waals surface area (Å²) in [5, 5.41) is 3.20. The number of fused-ring (bicyclic) bond motifs is 1. The Labute approximate surface area is 198 Å². The third kappa shape index (κ3) is 4.95. The molecule has 1 saturated heterocycles. The maximum atomic E-state index is 13.3. The Morgan fingerprint density at radius 3 is 2.65 bits per heavy atom. The van der Waals surface area contributed by atoms with Crippen LogP contribution in [0.5, 0.6) is 11.5 Å². The molecule has 4 rings (SSSR count). The molecule has 0 unspecified atom stereocenters. The van der Waals surface area contributed by atoms with Gasteiger partial charge in [-0.1, -0.05) is 6.07 Å².